The summed E-state index contributed by atoms with van der Waals surface area (Å²) < 4.78 is 13.9. The van der Waals surface area contributed by atoms with Gasteiger partial charge in [-0.3, -0.25) is 0 Å². The van der Waals surface area contributed by atoms with E-state index >= 15 is 0 Å². The molecule has 12 rings (SSSR count). The van der Waals surface area contributed by atoms with Gasteiger partial charge in [0.1, 0.15) is 23.0 Å². The van der Waals surface area contributed by atoms with Crippen LogP contribution in [0.4, 0.5) is 0 Å². The second kappa shape index (κ2) is 13.3. The van der Waals surface area contributed by atoms with E-state index in [1.165, 1.54) is 71.3 Å². The van der Waals surface area contributed by atoms with Gasteiger partial charge < -0.3 is 9.47 Å². The van der Waals surface area contributed by atoms with Crippen LogP contribution in [0.25, 0.3) is 65.7 Å². The van der Waals surface area contributed by atoms with Crippen LogP contribution in [0, 0.1) is 0 Å². The maximum absolute atomic E-state index is 7.08. The molecular weight excluding hydrogens is 727 g/mol. The Hall–Kier alpha value is -7.36. The minimum Gasteiger partial charge on any atom is -0.458 e. The molecule has 2 aliphatic rings. The van der Waals surface area contributed by atoms with Crippen molar-refractivity contribution < 1.29 is 9.47 Å². The smallest absolute Gasteiger partial charge is 0.260 e. The van der Waals surface area contributed by atoms with Gasteiger partial charge in [0.15, 0.2) is 0 Å². The van der Waals surface area contributed by atoms with Gasteiger partial charge in [-0.05, 0) is 112 Å². The molecule has 0 saturated carbocycles. The van der Waals surface area contributed by atoms with Gasteiger partial charge in [0, 0.05) is 10.9 Å². The Morgan fingerprint density at radius 1 is 0.367 bits per heavy atom. The molecule has 0 aliphatic carbocycles. The van der Waals surface area contributed by atoms with Crippen LogP contribution in [-0.4, -0.2) is 6.71 Å². The first-order valence-corrected chi connectivity index (χ1v) is 20.9. The summed E-state index contributed by atoms with van der Waals surface area (Å²) in [7, 11) is 0. The first-order valence-electron chi connectivity index (χ1n) is 20.9. The molecule has 0 atom stereocenters. The van der Waals surface area contributed by atoms with E-state index in [4.69, 9.17) is 9.47 Å². The largest absolute Gasteiger partial charge is 0.458 e. The van der Waals surface area contributed by atoms with Gasteiger partial charge >= 0.3 is 0 Å². The van der Waals surface area contributed by atoms with E-state index in [0.717, 1.165) is 44.9 Å². The molecule has 10 aromatic rings. The van der Waals surface area contributed by atoms with Crippen LogP contribution in [0.1, 0.15) is 25.0 Å². The van der Waals surface area contributed by atoms with E-state index in [0.29, 0.717) is 0 Å². The third-order valence-electron chi connectivity index (χ3n) is 13.1. The zero-order valence-corrected chi connectivity index (χ0v) is 33.4. The molecule has 2 heterocycles. The Bertz CT molecular complexity index is 3280. The van der Waals surface area contributed by atoms with Crippen molar-refractivity contribution in [1.29, 1.82) is 0 Å². The number of benzene rings is 10. The lowest BCUT2D eigenvalue weighted by atomic mass is 9.34. The number of fused-ring (bicyclic) bond motifs is 7. The van der Waals surface area contributed by atoms with Crippen molar-refractivity contribution in [3.63, 3.8) is 0 Å². The molecule has 0 fully saturated rings. The topological polar surface area (TPSA) is 18.5 Å². The highest BCUT2D eigenvalue weighted by molar-refractivity contribution is 6.98. The van der Waals surface area contributed by atoms with E-state index in [1.54, 1.807) is 0 Å². The average Bonchev–Trinajstić information content (AvgIpc) is 3.30. The van der Waals surface area contributed by atoms with Crippen molar-refractivity contribution in [3.05, 3.63) is 211 Å². The standard InChI is InChI=1S/C57H39BO2/c1-57(2,40-17-4-3-5-18-40)41-31-32-49-51(35-41)60-53-34-39(33-52-56(53)58(49)48-25-12-13-26-50(48)59-52)55-46-22-10-8-20-44(46)54(45-21-9-11-23-47(45)55)38-29-27-37(28-30-38)43-24-14-16-36-15-6-7-19-42(36)43/h3-35H,1-2H3. The second-order valence-electron chi connectivity index (χ2n) is 16.8. The minimum absolute atomic E-state index is 0.0145. The molecule has 3 heteroatoms. The Morgan fingerprint density at radius 3 is 1.60 bits per heavy atom. The summed E-state index contributed by atoms with van der Waals surface area (Å²) in [5.74, 6) is 3.46. The molecule has 0 amide bonds. The van der Waals surface area contributed by atoms with Gasteiger partial charge in [-0.1, -0.05) is 190 Å². The number of rotatable bonds is 5. The number of hydrogen-bond donors (Lipinski definition) is 0. The average molecular weight is 767 g/mol. The quantitative estimate of drug-likeness (QED) is 0.128. The van der Waals surface area contributed by atoms with E-state index in [2.05, 4.69) is 214 Å². The van der Waals surface area contributed by atoms with Crippen molar-refractivity contribution in [2.45, 2.75) is 19.3 Å². The molecule has 60 heavy (non-hydrogen) atoms. The van der Waals surface area contributed by atoms with Gasteiger partial charge in [-0.15, -0.1) is 0 Å². The molecule has 0 saturated heterocycles. The number of hydrogen-bond acceptors (Lipinski definition) is 2. The van der Waals surface area contributed by atoms with Crippen LogP contribution in [-0.2, 0) is 5.41 Å². The van der Waals surface area contributed by atoms with Crippen LogP contribution in [0.15, 0.2) is 200 Å². The van der Waals surface area contributed by atoms with Crippen LogP contribution < -0.4 is 25.9 Å². The Morgan fingerprint density at radius 2 is 0.900 bits per heavy atom. The molecule has 0 N–H and O–H groups in total. The number of ether oxygens (including phenoxy) is 2. The van der Waals surface area contributed by atoms with Crippen LogP contribution in [0.2, 0.25) is 0 Å². The fourth-order valence-electron chi connectivity index (χ4n) is 10.0. The van der Waals surface area contributed by atoms with Crippen LogP contribution >= 0.6 is 0 Å². The SMILES string of the molecule is CC(C)(c1ccccc1)c1ccc2c(c1)Oc1cc(-c3c4ccccc4c(-c4ccc(-c5cccc6ccccc56)cc4)c4ccccc34)cc3c1B2c1ccccc1O3. The normalized spacial score (nSPS) is 12.7. The van der Waals surface area contributed by atoms with E-state index in [9.17, 15) is 0 Å². The van der Waals surface area contributed by atoms with Crippen LogP contribution in [0.5, 0.6) is 23.0 Å². The molecule has 0 aromatic heterocycles. The van der Waals surface area contributed by atoms with Gasteiger partial charge in [0.2, 0.25) is 0 Å². The highest BCUT2D eigenvalue weighted by Crippen LogP contribution is 2.47. The maximum Gasteiger partial charge on any atom is 0.260 e. The zero-order chi connectivity index (χ0) is 40.0. The molecule has 282 valence electrons. The summed E-state index contributed by atoms with van der Waals surface area (Å²) in [5.41, 5.74) is 12.8. The fraction of sp³-hybridized carbons (Fsp3) is 0.0526. The molecule has 10 aromatic carbocycles. The number of para-hydroxylation sites is 1. The molecule has 0 spiro atoms. The Labute approximate surface area is 350 Å². The van der Waals surface area contributed by atoms with Crippen molar-refractivity contribution in [2.24, 2.45) is 0 Å². The predicted molar refractivity (Wildman–Crippen MR) is 252 cm³/mol. The summed E-state index contributed by atoms with van der Waals surface area (Å²) in [6.07, 6.45) is 0. The van der Waals surface area contributed by atoms with Crippen LogP contribution in [0.3, 0.4) is 0 Å². The van der Waals surface area contributed by atoms with Crippen molar-refractivity contribution in [3.8, 4) is 56.4 Å². The summed E-state index contributed by atoms with van der Waals surface area (Å²) in [5, 5.41) is 7.30. The van der Waals surface area contributed by atoms with Gasteiger partial charge in [0.05, 0.1) is 0 Å². The van der Waals surface area contributed by atoms with Crippen molar-refractivity contribution in [1.82, 2.24) is 0 Å². The summed E-state index contributed by atoms with van der Waals surface area (Å²) >= 11 is 0. The van der Waals surface area contributed by atoms with E-state index in [-0.39, 0.29) is 12.1 Å². The second-order valence-corrected chi connectivity index (χ2v) is 16.8. The summed E-state index contributed by atoms with van der Waals surface area (Å²) in [6.45, 7) is 4.57. The third kappa shape index (κ3) is 5.29. The predicted octanol–water partition coefficient (Wildman–Crippen LogP) is 13.2. The Balaban J connectivity index is 1.03. The molecule has 2 nitrogen and oxygen atoms in total. The Kier molecular flexibility index (Phi) is 7.71. The molecule has 0 radical (unpaired) electrons. The van der Waals surface area contributed by atoms with E-state index < -0.39 is 0 Å². The van der Waals surface area contributed by atoms with Crippen molar-refractivity contribution in [2.75, 3.05) is 0 Å². The maximum atomic E-state index is 7.08. The zero-order valence-electron chi connectivity index (χ0n) is 33.4. The summed E-state index contributed by atoms with van der Waals surface area (Å²) in [4.78, 5) is 0. The first-order chi connectivity index (χ1) is 29.5. The lowest BCUT2D eigenvalue weighted by Crippen LogP contribution is -2.57. The highest BCUT2D eigenvalue weighted by Gasteiger charge is 2.41. The third-order valence-corrected chi connectivity index (χ3v) is 13.1. The molecule has 0 bridgehead atoms. The molecule has 2 aliphatic heterocycles. The lowest BCUT2D eigenvalue weighted by Gasteiger charge is -2.35. The van der Waals surface area contributed by atoms with Gasteiger partial charge in [-0.25, -0.2) is 0 Å². The molecular formula is C57H39BO2. The molecule has 0 unspecified atom stereocenters. The fourth-order valence-corrected chi connectivity index (χ4v) is 10.0. The van der Waals surface area contributed by atoms with Gasteiger partial charge in [-0.2, -0.15) is 0 Å². The van der Waals surface area contributed by atoms with Crippen molar-refractivity contribution >= 4 is 55.4 Å². The van der Waals surface area contributed by atoms with E-state index in [1.807, 2.05) is 0 Å². The highest BCUT2D eigenvalue weighted by atomic mass is 16.5. The first kappa shape index (κ1) is 34.7. The minimum atomic E-state index is -0.212. The van der Waals surface area contributed by atoms with Gasteiger partial charge in [0.25, 0.3) is 6.71 Å². The lowest BCUT2D eigenvalue weighted by molar-refractivity contribution is 0.463. The monoisotopic (exact) mass is 766 g/mol. The summed E-state index contributed by atoms with van der Waals surface area (Å²) in [6, 6.07) is 72.5.